The van der Waals surface area contributed by atoms with Crippen LogP contribution >= 0.6 is 0 Å². The van der Waals surface area contributed by atoms with E-state index in [9.17, 15) is 14.7 Å². The number of aromatic nitrogens is 2. The average molecular weight is 829 g/mol. The predicted octanol–water partition coefficient (Wildman–Crippen LogP) is 11.5. The number of hydrogen-bond acceptors (Lipinski definition) is 6. The molecule has 4 atom stereocenters. The number of piperidine rings is 1. The number of aromatic amines is 1. The number of aliphatic hydroxyl groups is 1. The lowest BCUT2D eigenvalue weighted by Gasteiger charge is -2.45. The first-order valence-corrected chi connectivity index (χ1v) is 23.4. The standard InChI is InChI=1S/C52H68N4O5/c1-2-3-4-5-6-7-8-9-10-11-12-13-17-27-48(58)53-43-24-20-23-42(36-43)51-60-47(37-55-34-32-44(33-35-55)56-46-26-19-18-25-45(46)54-52(56)59)49(40-21-15-14-16-22-40)50(61-51)41-30-28-39(38-57)29-31-41/h14-16,18-26,28-31,36,44,47,49-51,57H,2-13,17,27,32-35,37-38H2,1H3,(H,53,58)(H,54,59)/t47-,49-,50+,51?/m1/s1. The third-order valence-corrected chi connectivity index (χ3v) is 12.9. The minimum Gasteiger partial charge on any atom is -0.392 e. The molecule has 1 amide bonds. The molecule has 0 bridgehead atoms. The van der Waals surface area contributed by atoms with E-state index in [-0.39, 0.29) is 42.4 Å². The number of carbonyl (C=O) groups is 1. The smallest absolute Gasteiger partial charge is 0.326 e. The Morgan fingerprint density at radius 1 is 0.721 bits per heavy atom. The Kier molecular flexibility index (Phi) is 16.8. The summed E-state index contributed by atoms with van der Waals surface area (Å²) in [4.78, 5) is 31.7. The maximum Gasteiger partial charge on any atom is 0.326 e. The molecule has 4 aromatic carbocycles. The van der Waals surface area contributed by atoms with Gasteiger partial charge in [-0.15, -0.1) is 0 Å². The number of nitrogens with one attached hydrogen (secondary N) is 2. The van der Waals surface area contributed by atoms with E-state index < -0.39 is 6.29 Å². The van der Waals surface area contributed by atoms with Crippen LogP contribution in [-0.4, -0.2) is 51.2 Å². The van der Waals surface area contributed by atoms with Crippen LogP contribution in [0, 0.1) is 0 Å². The molecule has 2 saturated heterocycles. The molecule has 2 fully saturated rings. The predicted molar refractivity (Wildman–Crippen MR) is 246 cm³/mol. The molecular formula is C52H68N4O5. The van der Waals surface area contributed by atoms with Crippen molar-refractivity contribution in [1.82, 2.24) is 14.5 Å². The lowest BCUT2D eigenvalue weighted by molar-refractivity contribution is -0.264. The monoisotopic (exact) mass is 829 g/mol. The fraction of sp³-hybridized carbons (Fsp3) is 0.500. The van der Waals surface area contributed by atoms with E-state index >= 15 is 0 Å². The Morgan fingerprint density at radius 2 is 1.36 bits per heavy atom. The largest absolute Gasteiger partial charge is 0.392 e. The summed E-state index contributed by atoms with van der Waals surface area (Å²) < 4.78 is 16.0. The number of anilines is 1. The van der Waals surface area contributed by atoms with Crippen molar-refractivity contribution in [2.75, 3.05) is 25.0 Å². The highest BCUT2D eigenvalue weighted by molar-refractivity contribution is 5.90. The SMILES string of the molecule is CCCCCCCCCCCCCCCC(=O)Nc1cccc(C2O[C@H](CN3CCC(n4c(=O)[nH]c5ccccc54)CC3)[C@@H](c3ccccc3)[C@H](c3ccc(CO)cc3)O2)c1. The molecule has 0 spiro atoms. The number of imidazole rings is 1. The molecule has 2 aliphatic rings. The molecule has 3 heterocycles. The molecule has 2 aliphatic heterocycles. The van der Waals surface area contributed by atoms with Gasteiger partial charge in [-0.05, 0) is 60.2 Å². The van der Waals surface area contributed by atoms with Crippen molar-refractivity contribution in [3.63, 3.8) is 0 Å². The van der Waals surface area contributed by atoms with Gasteiger partial charge in [0.1, 0.15) is 0 Å². The Morgan fingerprint density at radius 3 is 2.05 bits per heavy atom. The number of nitrogens with zero attached hydrogens (tertiary/aromatic N) is 2. The summed E-state index contributed by atoms with van der Waals surface area (Å²) >= 11 is 0. The summed E-state index contributed by atoms with van der Waals surface area (Å²) in [5, 5.41) is 13.0. The highest BCUT2D eigenvalue weighted by Crippen LogP contribution is 2.47. The fourth-order valence-corrected chi connectivity index (χ4v) is 9.51. The average Bonchev–Trinajstić information content (AvgIpc) is 3.63. The van der Waals surface area contributed by atoms with Crippen molar-refractivity contribution in [1.29, 1.82) is 0 Å². The van der Waals surface area contributed by atoms with Crippen LogP contribution in [-0.2, 0) is 20.9 Å². The number of likely N-dealkylation sites (tertiary alicyclic amines) is 1. The van der Waals surface area contributed by atoms with Gasteiger partial charge in [0.05, 0.1) is 29.8 Å². The summed E-state index contributed by atoms with van der Waals surface area (Å²) in [6, 6.07) is 34.5. The molecule has 9 nitrogen and oxygen atoms in total. The zero-order chi connectivity index (χ0) is 42.2. The van der Waals surface area contributed by atoms with Gasteiger partial charge in [0.15, 0.2) is 6.29 Å². The first kappa shape index (κ1) is 44.5. The number of carbonyl (C=O) groups excluding carboxylic acids is 1. The van der Waals surface area contributed by atoms with Gasteiger partial charge in [0.2, 0.25) is 5.91 Å². The normalized spacial score (nSPS) is 20.0. The quantitative estimate of drug-likeness (QED) is 0.0600. The van der Waals surface area contributed by atoms with Crippen LogP contribution in [0.2, 0.25) is 0 Å². The molecule has 3 N–H and O–H groups in total. The van der Waals surface area contributed by atoms with Crippen LogP contribution in [0.3, 0.4) is 0 Å². The fourth-order valence-electron chi connectivity index (χ4n) is 9.51. The highest BCUT2D eigenvalue weighted by atomic mass is 16.7. The van der Waals surface area contributed by atoms with Crippen LogP contribution in [0.1, 0.15) is 156 Å². The van der Waals surface area contributed by atoms with Crippen LogP contribution in [0.15, 0.2) is 108 Å². The molecule has 5 aromatic rings. The lowest BCUT2D eigenvalue weighted by Crippen LogP contribution is -2.47. The van der Waals surface area contributed by atoms with E-state index in [2.05, 4.69) is 58.5 Å². The summed E-state index contributed by atoms with van der Waals surface area (Å²) in [6.45, 7) is 4.60. The number of rotatable bonds is 22. The Labute approximate surface area is 362 Å². The number of benzene rings is 4. The van der Waals surface area contributed by atoms with E-state index in [1.807, 2.05) is 71.3 Å². The van der Waals surface area contributed by atoms with Crippen molar-refractivity contribution >= 4 is 22.6 Å². The van der Waals surface area contributed by atoms with Gasteiger partial charge in [-0.1, -0.05) is 163 Å². The summed E-state index contributed by atoms with van der Waals surface area (Å²) in [7, 11) is 0. The van der Waals surface area contributed by atoms with Gasteiger partial charge in [0.25, 0.3) is 0 Å². The van der Waals surface area contributed by atoms with Gasteiger partial charge in [-0.25, -0.2) is 4.79 Å². The van der Waals surface area contributed by atoms with Crippen molar-refractivity contribution in [2.24, 2.45) is 0 Å². The van der Waals surface area contributed by atoms with Crippen LogP contribution in [0.5, 0.6) is 0 Å². The number of amides is 1. The van der Waals surface area contributed by atoms with Gasteiger partial charge < -0.3 is 29.8 Å². The van der Waals surface area contributed by atoms with E-state index in [0.29, 0.717) is 13.0 Å². The summed E-state index contributed by atoms with van der Waals surface area (Å²) in [5.74, 6) is -0.0810. The number of aliphatic hydroxyl groups excluding tert-OH is 1. The summed E-state index contributed by atoms with van der Waals surface area (Å²) in [5.41, 5.74) is 6.37. The van der Waals surface area contributed by atoms with E-state index in [1.165, 1.54) is 70.6 Å². The first-order chi connectivity index (χ1) is 30.0. The Bertz CT molecular complexity index is 2120. The molecule has 0 radical (unpaired) electrons. The number of ether oxygens (including phenoxy) is 2. The Hall–Kier alpha value is -4.54. The summed E-state index contributed by atoms with van der Waals surface area (Å²) in [6.07, 6.45) is 17.6. The second kappa shape index (κ2) is 23.1. The van der Waals surface area contributed by atoms with Crippen LogP contribution in [0.25, 0.3) is 11.0 Å². The van der Waals surface area contributed by atoms with E-state index in [4.69, 9.17) is 9.47 Å². The second-order valence-corrected chi connectivity index (χ2v) is 17.4. The zero-order valence-electron chi connectivity index (χ0n) is 36.3. The van der Waals surface area contributed by atoms with Crippen molar-refractivity contribution in [2.45, 2.75) is 147 Å². The topological polar surface area (TPSA) is 109 Å². The molecule has 61 heavy (non-hydrogen) atoms. The molecule has 9 heteroatoms. The third kappa shape index (κ3) is 12.3. The van der Waals surface area contributed by atoms with Crippen molar-refractivity contribution in [3.05, 3.63) is 136 Å². The van der Waals surface area contributed by atoms with Gasteiger partial charge in [-0.3, -0.25) is 9.36 Å². The van der Waals surface area contributed by atoms with Gasteiger partial charge >= 0.3 is 5.69 Å². The lowest BCUT2D eigenvalue weighted by atomic mass is 9.83. The maximum absolute atomic E-state index is 13.1. The maximum atomic E-state index is 13.1. The zero-order valence-corrected chi connectivity index (χ0v) is 36.3. The number of fused-ring (bicyclic) bond motifs is 1. The van der Waals surface area contributed by atoms with Crippen LogP contribution < -0.4 is 11.0 Å². The van der Waals surface area contributed by atoms with Gasteiger partial charge in [-0.2, -0.15) is 0 Å². The third-order valence-electron chi connectivity index (χ3n) is 12.9. The number of para-hydroxylation sites is 2. The molecule has 326 valence electrons. The molecule has 1 aromatic heterocycles. The molecular weight excluding hydrogens is 761 g/mol. The highest BCUT2D eigenvalue weighted by Gasteiger charge is 2.43. The Balaban J connectivity index is 0.996. The van der Waals surface area contributed by atoms with Crippen LogP contribution in [0.4, 0.5) is 5.69 Å². The van der Waals surface area contributed by atoms with Gasteiger partial charge in [0, 0.05) is 49.3 Å². The molecule has 0 aliphatic carbocycles. The molecule has 1 unspecified atom stereocenters. The van der Waals surface area contributed by atoms with Crippen molar-refractivity contribution in [3.8, 4) is 0 Å². The molecule has 7 rings (SSSR count). The number of unbranched alkanes of at least 4 members (excludes halogenated alkanes) is 12. The second-order valence-electron chi connectivity index (χ2n) is 17.4. The van der Waals surface area contributed by atoms with E-state index in [1.54, 1.807) is 0 Å². The first-order valence-electron chi connectivity index (χ1n) is 23.4. The van der Waals surface area contributed by atoms with E-state index in [0.717, 1.165) is 77.7 Å². The number of hydrogen-bond donors (Lipinski definition) is 3. The minimum absolute atomic E-state index is 0.0270. The van der Waals surface area contributed by atoms with Crippen molar-refractivity contribution < 1.29 is 19.4 Å². The number of H-pyrrole nitrogens is 1. The minimum atomic E-state index is -0.673. The molecule has 0 saturated carbocycles.